The van der Waals surface area contributed by atoms with Gasteiger partial charge >= 0.3 is 0 Å². The summed E-state index contributed by atoms with van der Waals surface area (Å²) in [5.74, 6) is 0.855. The Morgan fingerprint density at radius 2 is 1.84 bits per heavy atom. The maximum atomic E-state index is 12.2. The zero-order valence-corrected chi connectivity index (χ0v) is 13.3. The SMILES string of the molecule is CN1CCC(NC(=O)[C@@H]2CCC[C@@H]2CN)CC1.Cl.Cl. The summed E-state index contributed by atoms with van der Waals surface area (Å²) in [5, 5.41) is 3.22. The minimum absolute atomic E-state index is 0. The van der Waals surface area contributed by atoms with Crippen molar-refractivity contribution in [2.75, 3.05) is 26.7 Å². The molecule has 2 atom stereocenters. The molecule has 2 aliphatic rings. The lowest BCUT2D eigenvalue weighted by atomic mass is 9.94. The van der Waals surface area contributed by atoms with Gasteiger partial charge in [-0.2, -0.15) is 0 Å². The first-order valence-corrected chi connectivity index (χ1v) is 6.89. The highest BCUT2D eigenvalue weighted by Gasteiger charge is 2.33. The first-order valence-electron chi connectivity index (χ1n) is 6.89. The van der Waals surface area contributed by atoms with E-state index >= 15 is 0 Å². The van der Waals surface area contributed by atoms with Crippen LogP contribution >= 0.6 is 24.8 Å². The molecule has 0 radical (unpaired) electrons. The Balaban J connectivity index is 0.00000162. The molecule has 0 aromatic heterocycles. The van der Waals surface area contributed by atoms with Crippen LogP contribution in [0.4, 0.5) is 0 Å². The van der Waals surface area contributed by atoms with Crippen LogP contribution in [0.25, 0.3) is 0 Å². The van der Waals surface area contributed by atoms with Gasteiger partial charge in [0.1, 0.15) is 0 Å². The molecule has 6 heteroatoms. The molecule has 1 saturated carbocycles. The number of likely N-dealkylation sites (tertiary alicyclic amines) is 1. The van der Waals surface area contributed by atoms with E-state index in [4.69, 9.17) is 5.73 Å². The van der Waals surface area contributed by atoms with Crippen LogP contribution in [0.2, 0.25) is 0 Å². The van der Waals surface area contributed by atoms with Gasteiger partial charge in [-0.15, -0.1) is 24.8 Å². The van der Waals surface area contributed by atoms with Gasteiger partial charge in [-0.1, -0.05) is 6.42 Å². The number of amides is 1. The zero-order chi connectivity index (χ0) is 12.3. The predicted molar refractivity (Wildman–Crippen MR) is 83.0 cm³/mol. The Morgan fingerprint density at radius 3 is 2.42 bits per heavy atom. The lowest BCUT2D eigenvalue weighted by Crippen LogP contribution is -2.46. The van der Waals surface area contributed by atoms with Crippen LogP contribution in [-0.2, 0) is 4.79 Å². The lowest BCUT2D eigenvalue weighted by molar-refractivity contribution is -0.127. The van der Waals surface area contributed by atoms with Gasteiger partial charge < -0.3 is 16.0 Å². The molecule has 3 N–H and O–H groups in total. The summed E-state index contributed by atoms with van der Waals surface area (Å²) < 4.78 is 0. The van der Waals surface area contributed by atoms with E-state index in [2.05, 4.69) is 17.3 Å². The number of nitrogens with two attached hydrogens (primary N) is 1. The fourth-order valence-corrected chi connectivity index (χ4v) is 3.13. The number of piperidine rings is 1. The second-order valence-corrected chi connectivity index (χ2v) is 5.62. The molecule has 0 aromatic carbocycles. The number of halogens is 2. The minimum Gasteiger partial charge on any atom is -0.353 e. The molecule has 0 bridgehead atoms. The van der Waals surface area contributed by atoms with Crippen molar-refractivity contribution in [3.05, 3.63) is 0 Å². The van der Waals surface area contributed by atoms with Gasteiger partial charge in [0.05, 0.1) is 0 Å². The summed E-state index contributed by atoms with van der Waals surface area (Å²) in [4.78, 5) is 14.5. The maximum absolute atomic E-state index is 12.2. The fraction of sp³-hybridized carbons (Fsp3) is 0.923. The Hall–Kier alpha value is -0.0300. The highest BCUT2D eigenvalue weighted by Crippen LogP contribution is 2.31. The van der Waals surface area contributed by atoms with Crippen LogP contribution in [0.15, 0.2) is 0 Å². The monoisotopic (exact) mass is 311 g/mol. The normalized spacial score (nSPS) is 28.3. The molecule has 1 heterocycles. The van der Waals surface area contributed by atoms with Gasteiger partial charge in [0, 0.05) is 12.0 Å². The molecule has 1 aliphatic carbocycles. The number of hydrogen-bond acceptors (Lipinski definition) is 3. The van der Waals surface area contributed by atoms with Crippen molar-refractivity contribution >= 4 is 30.7 Å². The number of hydrogen-bond donors (Lipinski definition) is 2. The molecule has 2 rings (SSSR count). The van der Waals surface area contributed by atoms with Crippen molar-refractivity contribution in [3.63, 3.8) is 0 Å². The maximum Gasteiger partial charge on any atom is 0.223 e. The highest BCUT2D eigenvalue weighted by atomic mass is 35.5. The summed E-state index contributed by atoms with van der Waals surface area (Å²) >= 11 is 0. The fourth-order valence-electron chi connectivity index (χ4n) is 3.13. The summed E-state index contributed by atoms with van der Waals surface area (Å²) in [6.07, 6.45) is 5.49. The van der Waals surface area contributed by atoms with Crippen LogP contribution in [0, 0.1) is 11.8 Å². The third-order valence-electron chi connectivity index (χ3n) is 4.36. The van der Waals surface area contributed by atoms with E-state index in [-0.39, 0.29) is 36.6 Å². The Morgan fingerprint density at radius 1 is 1.21 bits per heavy atom. The predicted octanol–water partition coefficient (Wildman–Crippen LogP) is 1.42. The number of nitrogens with one attached hydrogen (secondary N) is 1. The minimum atomic E-state index is 0. The average Bonchev–Trinajstić information content (AvgIpc) is 2.80. The van der Waals surface area contributed by atoms with E-state index in [9.17, 15) is 4.79 Å². The van der Waals surface area contributed by atoms with E-state index in [1.165, 1.54) is 0 Å². The molecule has 0 unspecified atom stereocenters. The van der Waals surface area contributed by atoms with E-state index in [0.717, 1.165) is 45.2 Å². The van der Waals surface area contributed by atoms with Crippen molar-refractivity contribution in [1.29, 1.82) is 0 Å². The second kappa shape index (κ2) is 9.01. The van der Waals surface area contributed by atoms with Gasteiger partial charge in [-0.05, 0) is 58.3 Å². The topological polar surface area (TPSA) is 58.4 Å². The lowest BCUT2D eigenvalue weighted by Gasteiger charge is -2.30. The molecule has 0 spiro atoms. The number of carbonyl (C=O) groups excluding carboxylic acids is 1. The van der Waals surface area contributed by atoms with Crippen molar-refractivity contribution in [3.8, 4) is 0 Å². The molecule has 1 amide bonds. The Labute approximate surface area is 128 Å². The largest absolute Gasteiger partial charge is 0.353 e. The van der Waals surface area contributed by atoms with E-state index in [0.29, 0.717) is 18.5 Å². The molecular weight excluding hydrogens is 285 g/mol. The smallest absolute Gasteiger partial charge is 0.223 e. The molecule has 4 nitrogen and oxygen atoms in total. The quantitative estimate of drug-likeness (QED) is 0.828. The summed E-state index contributed by atoms with van der Waals surface area (Å²) in [7, 11) is 2.14. The van der Waals surface area contributed by atoms with Crippen LogP contribution < -0.4 is 11.1 Å². The van der Waals surface area contributed by atoms with Crippen molar-refractivity contribution in [2.45, 2.75) is 38.1 Å². The van der Waals surface area contributed by atoms with E-state index < -0.39 is 0 Å². The Bertz CT molecular complexity index is 271. The summed E-state index contributed by atoms with van der Waals surface area (Å²) in [5.41, 5.74) is 5.73. The molecule has 114 valence electrons. The Kier molecular flexibility index (Phi) is 8.99. The van der Waals surface area contributed by atoms with Gasteiger partial charge in [0.15, 0.2) is 0 Å². The number of nitrogens with zero attached hydrogens (tertiary/aromatic N) is 1. The van der Waals surface area contributed by atoms with Gasteiger partial charge in [-0.25, -0.2) is 0 Å². The van der Waals surface area contributed by atoms with Gasteiger partial charge in [0.2, 0.25) is 5.91 Å². The average molecular weight is 312 g/mol. The van der Waals surface area contributed by atoms with E-state index in [1.807, 2.05) is 0 Å². The molecule has 1 aliphatic heterocycles. The molecule has 2 fully saturated rings. The van der Waals surface area contributed by atoms with Crippen LogP contribution in [0.1, 0.15) is 32.1 Å². The standard InChI is InChI=1S/C13H25N3O.2ClH/c1-16-7-5-11(6-8-16)15-13(17)12-4-2-3-10(12)9-14;;/h10-12H,2-9,14H2,1H3,(H,15,17);2*1H/t10-,12-;;/m1../s1. The van der Waals surface area contributed by atoms with Crippen molar-refractivity contribution in [2.24, 2.45) is 17.6 Å². The first kappa shape index (κ1) is 19.0. The van der Waals surface area contributed by atoms with Crippen molar-refractivity contribution in [1.82, 2.24) is 10.2 Å². The highest BCUT2D eigenvalue weighted by molar-refractivity contribution is 5.85. The summed E-state index contributed by atoms with van der Waals surface area (Å²) in [6.45, 7) is 2.84. The molecule has 19 heavy (non-hydrogen) atoms. The zero-order valence-electron chi connectivity index (χ0n) is 11.6. The summed E-state index contributed by atoms with van der Waals surface area (Å²) in [6, 6.07) is 0.387. The molecular formula is C13H27Cl2N3O. The molecule has 0 aromatic rings. The van der Waals surface area contributed by atoms with Gasteiger partial charge in [0.25, 0.3) is 0 Å². The van der Waals surface area contributed by atoms with Crippen LogP contribution in [0.3, 0.4) is 0 Å². The second-order valence-electron chi connectivity index (χ2n) is 5.62. The van der Waals surface area contributed by atoms with Crippen LogP contribution in [0.5, 0.6) is 0 Å². The molecule has 1 saturated heterocycles. The van der Waals surface area contributed by atoms with Crippen LogP contribution in [-0.4, -0.2) is 43.5 Å². The first-order chi connectivity index (χ1) is 8.20. The number of rotatable bonds is 3. The van der Waals surface area contributed by atoms with Gasteiger partial charge in [-0.3, -0.25) is 4.79 Å². The third kappa shape index (κ3) is 5.10. The van der Waals surface area contributed by atoms with E-state index in [1.54, 1.807) is 0 Å². The van der Waals surface area contributed by atoms with Crippen molar-refractivity contribution < 1.29 is 4.79 Å². The third-order valence-corrected chi connectivity index (χ3v) is 4.36. The number of carbonyl (C=O) groups is 1.